The van der Waals surface area contributed by atoms with Crippen molar-refractivity contribution >= 4 is 17.7 Å². The first kappa shape index (κ1) is 12.6. The van der Waals surface area contributed by atoms with Gasteiger partial charge in [0, 0.05) is 23.0 Å². The van der Waals surface area contributed by atoms with E-state index in [1.165, 1.54) is 11.8 Å². The van der Waals surface area contributed by atoms with Gasteiger partial charge < -0.3 is 5.11 Å². The minimum Gasteiger partial charge on any atom is -0.478 e. The average molecular weight is 260 g/mol. The number of carbonyl (C=O) groups is 1. The third-order valence-electron chi connectivity index (χ3n) is 2.39. The number of aromatic carboxylic acids is 1. The molecule has 0 radical (unpaired) electrons. The molecule has 0 aliphatic carbocycles. The van der Waals surface area contributed by atoms with Crippen molar-refractivity contribution in [1.29, 1.82) is 0 Å². The van der Waals surface area contributed by atoms with Gasteiger partial charge in [-0.05, 0) is 37.6 Å². The van der Waals surface area contributed by atoms with Crippen molar-refractivity contribution < 1.29 is 9.90 Å². The molecule has 0 aliphatic rings. The molecule has 0 fully saturated rings. The number of hydrogen-bond acceptors (Lipinski definition) is 4. The van der Waals surface area contributed by atoms with Gasteiger partial charge in [0.1, 0.15) is 5.03 Å². The maximum absolute atomic E-state index is 11.3. The van der Waals surface area contributed by atoms with E-state index in [1.54, 1.807) is 25.4 Å². The highest BCUT2D eigenvalue weighted by atomic mass is 32.2. The van der Waals surface area contributed by atoms with Crippen molar-refractivity contribution in [3.8, 4) is 0 Å². The normalized spacial score (nSPS) is 10.3. The van der Waals surface area contributed by atoms with E-state index < -0.39 is 5.97 Å². The van der Waals surface area contributed by atoms with Crippen LogP contribution in [0.4, 0.5) is 0 Å². The fourth-order valence-corrected chi connectivity index (χ4v) is 2.68. The Bertz CT molecular complexity index is 585. The predicted octanol–water partition coefficient (Wildman–Crippen LogP) is 2.94. The molecule has 0 bridgehead atoms. The number of nitrogens with zero attached hydrogens (tertiary/aromatic N) is 2. The van der Waals surface area contributed by atoms with Crippen molar-refractivity contribution in [1.82, 2.24) is 9.97 Å². The summed E-state index contributed by atoms with van der Waals surface area (Å²) in [6, 6.07) is 5.44. The Balaban J connectivity index is 2.46. The second kappa shape index (κ2) is 5.18. The predicted molar refractivity (Wildman–Crippen MR) is 69.0 cm³/mol. The van der Waals surface area contributed by atoms with Crippen LogP contribution in [0.25, 0.3) is 0 Å². The summed E-state index contributed by atoms with van der Waals surface area (Å²) in [7, 11) is 0. The molecule has 2 rings (SSSR count). The molecular weight excluding hydrogens is 248 g/mol. The van der Waals surface area contributed by atoms with Crippen molar-refractivity contribution in [2.75, 3.05) is 0 Å². The second-order valence-electron chi connectivity index (χ2n) is 3.85. The monoisotopic (exact) mass is 260 g/mol. The van der Waals surface area contributed by atoms with Crippen molar-refractivity contribution in [2.45, 2.75) is 23.8 Å². The highest BCUT2D eigenvalue weighted by Gasteiger charge is 2.16. The van der Waals surface area contributed by atoms with Gasteiger partial charge in [-0.2, -0.15) is 0 Å². The van der Waals surface area contributed by atoms with Crippen LogP contribution < -0.4 is 0 Å². The fourth-order valence-electron chi connectivity index (χ4n) is 1.65. The van der Waals surface area contributed by atoms with Crippen LogP contribution in [-0.2, 0) is 0 Å². The van der Waals surface area contributed by atoms with E-state index in [0.717, 1.165) is 16.2 Å². The zero-order chi connectivity index (χ0) is 13.1. The van der Waals surface area contributed by atoms with Crippen LogP contribution in [0.15, 0.2) is 40.5 Å². The topological polar surface area (TPSA) is 63.1 Å². The van der Waals surface area contributed by atoms with Crippen LogP contribution in [-0.4, -0.2) is 21.0 Å². The second-order valence-corrected chi connectivity index (χ2v) is 4.91. The third-order valence-corrected chi connectivity index (χ3v) is 3.39. The molecule has 18 heavy (non-hydrogen) atoms. The summed E-state index contributed by atoms with van der Waals surface area (Å²) >= 11 is 1.34. The van der Waals surface area contributed by atoms with E-state index in [-0.39, 0.29) is 5.56 Å². The number of carboxylic acid groups (broad SMARTS) is 1. The Morgan fingerprint density at radius 1 is 1.28 bits per heavy atom. The summed E-state index contributed by atoms with van der Waals surface area (Å²) in [6.45, 7) is 3.64. The van der Waals surface area contributed by atoms with Crippen LogP contribution in [0.2, 0.25) is 0 Å². The molecule has 1 N–H and O–H groups in total. The summed E-state index contributed by atoms with van der Waals surface area (Å²) in [5, 5.41) is 9.77. The van der Waals surface area contributed by atoms with Gasteiger partial charge in [0.2, 0.25) is 0 Å². The maximum atomic E-state index is 11.3. The summed E-state index contributed by atoms with van der Waals surface area (Å²) in [5.74, 6) is -0.948. The van der Waals surface area contributed by atoms with Crippen LogP contribution in [0.3, 0.4) is 0 Å². The highest BCUT2D eigenvalue weighted by Crippen LogP contribution is 2.30. The molecule has 92 valence electrons. The minimum absolute atomic E-state index is 0.266. The van der Waals surface area contributed by atoms with Crippen LogP contribution in [0.5, 0.6) is 0 Å². The fraction of sp³-hybridized carbons (Fsp3) is 0.154. The Kier molecular flexibility index (Phi) is 3.62. The summed E-state index contributed by atoms with van der Waals surface area (Å²) in [6.07, 6.45) is 3.34. The van der Waals surface area contributed by atoms with E-state index in [2.05, 4.69) is 9.97 Å². The molecule has 2 heterocycles. The lowest BCUT2D eigenvalue weighted by atomic mass is 10.1. The Labute approximate surface area is 109 Å². The first-order valence-electron chi connectivity index (χ1n) is 5.37. The molecule has 2 aromatic heterocycles. The number of carboxylic acids is 1. The molecule has 0 unspecified atom stereocenters. The minimum atomic E-state index is -0.948. The van der Waals surface area contributed by atoms with Gasteiger partial charge >= 0.3 is 5.97 Å². The lowest BCUT2D eigenvalue weighted by Crippen LogP contribution is -2.05. The van der Waals surface area contributed by atoms with Crippen molar-refractivity contribution in [2.24, 2.45) is 0 Å². The Hall–Kier alpha value is -1.88. The van der Waals surface area contributed by atoms with Gasteiger partial charge in [0.15, 0.2) is 0 Å². The molecule has 0 atom stereocenters. The third kappa shape index (κ3) is 2.68. The molecule has 0 spiro atoms. The van der Waals surface area contributed by atoms with E-state index in [4.69, 9.17) is 0 Å². The maximum Gasteiger partial charge on any atom is 0.338 e. The lowest BCUT2D eigenvalue weighted by Gasteiger charge is -2.09. The van der Waals surface area contributed by atoms with Crippen molar-refractivity contribution in [3.63, 3.8) is 0 Å². The van der Waals surface area contributed by atoms with Gasteiger partial charge in [-0.1, -0.05) is 11.8 Å². The molecule has 0 aromatic carbocycles. The molecule has 5 heteroatoms. The zero-order valence-electron chi connectivity index (χ0n) is 10.0. The van der Waals surface area contributed by atoms with E-state index >= 15 is 0 Å². The van der Waals surface area contributed by atoms with Crippen LogP contribution in [0, 0.1) is 13.8 Å². The van der Waals surface area contributed by atoms with Gasteiger partial charge in [0.25, 0.3) is 0 Å². The molecular formula is C13H12N2O2S. The summed E-state index contributed by atoms with van der Waals surface area (Å²) < 4.78 is 0. The van der Waals surface area contributed by atoms with E-state index in [9.17, 15) is 9.90 Å². The molecule has 0 aliphatic heterocycles. The van der Waals surface area contributed by atoms with Crippen LogP contribution >= 0.6 is 11.8 Å². The number of hydrogen-bond donors (Lipinski definition) is 1. The quantitative estimate of drug-likeness (QED) is 0.919. The van der Waals surface area contributed by atoms with Crippen LogP contribution in [0.1, 0.15) is 21.6 Å². The van der Waals surface area contributed by atoms with Crippen molar-refractivity contribution in [3.05, 3.63) is 47.4 Å². The number of pyridine rings is 2. The first-order valence-corrected chi connectivity index (χ1v) is 6.19. The van der Waals surface area contributed by atoms with E-state index in [0.29, 0.717) is 5.03 Å². The number of rotatable bonds is 3. The molecule has 0 amide bonds. The lowest BCUT2D eigenvalue weighted by molar-refractivity contribution is 0.0691. The zero-order valence-corrected chi connectivity index (χ0v) is 10.9. The number of aryl methyl sites for hydroxylation is 2. The highest BCUT2D eigenvalue weighted by molar-refractivity contribution is 7.99. The summed E-state index contributed by atoms with van der Waals surface area (Å²) in [4.78, 5) is 20.4. The SMILES string of the molecule is Cc1cc(C)c(C(=O)O)c(Sc2ccncc2)n1. The Morgan fingerprint density at radius 3 is 2.56 bits per heavy atom. The Morgan fingerprint density at radius 2 is 1.94 bits per heavy atom. The van der Waals surface area contributed by atoms with Gasteiger partial charge in [0.05, 0.1) is 5.56 Å². The van der Waals surface area contributed by atoms with Gasteiger partial charge in [-0.3, -0.25) is 4.98 Å². The summed E-state index contributed by atoms with van der Waals surface area (Å²) in [5.41, 5.74) is 1.81. The van der Waals surface area contributed by atoms with E-state index in [1.807, 2.05) is 19.1 Å². The molecule has 4 nitrogen and oxygen atoms in total. The standard InChI is InChI=1S/C13H12N2O2S/c1-8-7-9(2)15-12(11(8)13(16)17)18-10-3-5-14-6-4-10/h3-7H,1-2H3,(H,16,17). The van der Waals surface area contributed by atoms with Gasteiger partial charge in [-0.25, -0.2) is 9.78 Å². The first-order chi connectivity index (χ1) is 8.58. The van der Waals surface area contributed by atoms with Gasteiger partial charge in [-0.15, -0.1) is 0 Å². The largest absolute Gasteiger partial charge is 0.478 e. The molecule has 2 aromatic rings. The average Bonchev–Trinajstić information content (AvgIpc) is 2.28. The molecule has 0 saturated carbocycles. The number of aromatic nitrogens is 2. The smallest absolute Gasteiger partial charge is 0.338 e. The molecule has 0 saturated heterocycles.